The van der Waals surface area contributed by atoms with E-state index in [0.29, 0.717) is 6.07 Å². The monoisotopic (exact) mass is 385 g/mol. The number of halogens is 5. The van der Waals surface area contributed by atoms with Crippen molar-refractivity contribution in [3.8, 4) is 0 Å². The number of nitrogens with zero attached hydrogens (tertiary/aromatic N) is 1. The summed E-state index contributed by atoms with van der Waals surface area (Å²) in [7, 11) is 0. The zero-order valence-corrected chi connectivity index (χ0v) is 14.1. The van der Waals surface area contributed by atoms with Gasteiger partial charge in [-0.2, -0.15) is 13.2 Å². The van der Waals surface area contributed by atoms with Crippen LogP contribution in [0.4, 0.5) is 22.0 Å². The van der Waals surface area contributed by atoms with Crippen LogP contribution in [0, 0.1) is 5.82 Å². The molecule has 1 aliphatic rings. The maximum Gasteiger partial charge on any atom is 0.416 e. The summed E-state index contributed by atoms with van der Waals surface area (Å²) in [5, 5.41) is 9.93. The summed E-state index contributed by atoms with van der Waals surface area (Å²) in [4.78, 5) is 16.5. The normalized spacial score (nSPS) is 22.4. The van der Waals surface area contributed by atoms with Gasteiger partial charge in [-0.1, -0.05) is 12.1 Å². The number of Topliss-reactive ketones (excluding diaryl/α,β-unsaturated/α-hetero) is 1. The first kappa shape index (κ1) is 19.4. The molecule has 8 heteroatoms. The van der Waals surface area contributed by atoms with Gasteiger partial charge < -0.3 is 5.11 Å². The largest absolute Gasteiger partial charge is 0.416 e. The second-order valence-electron chi connectivity index (χ2n) is 6.51. The molecular weight excluding hydrogens is 369 g/mol. The van der Waals surface area contributed by atoms with Gasteiger partial charge in [-0.25, -0.2) is 8.78 Å². The molecule has 1 aromatic heterocycles. The molecule has 0 amide bonds. The Balaban J connectivity index is 1.85. The van der Waals surface area contributed by atoms with E-state index in [9.17, 15) is 27.5 Å². The summed E-state index contributed by atoms with van der Waals surface area (Å²) in [6, 6.07) is 4.97. The Hall–Kier alpha value is -2.35. The first-order valence-corrected chi connectivity index (χ1v) is 8.34. The van der Waals surface area contributed by atoms with E-state index in [1.54, 1.807) is 0 Å². The molecule has 1 aliphatic carbocycles. The van der Waals surface area contributed by atoms with Crippen LogP contribution in [0.25, 0.3) is 0 Å². The summed E-state index contributed by atoms with van der Waals surface area (Å²) < 4.78 is 67.8. The van der Waals surface area contributed by atoms with Crippen LogP contribution in [0.15, 0.2) is 36.5 Å². The van der Waals surface area contributed by atoms with Gasteiger partial charge >= 0.3 is 6.18 Å². The second-order valence-corrected chi connectivity index (χ2v) is 6.51. The molecule has 0 spiro atoms. The standard InChI is InChI=1S/C19H16F5NO2/c20-12-5-3-11(14(10-12)19(22,23)24)4-6-16(27)18(21)8-7-15(26)17-13(18)2-1-9-25-17/h1-3,5,9-10,15,26H,4,6-8H2/t15-,18-/m1/s1. The van der Waals surface area contributed by atoms with Crippen molar-refractivity contribution in [2.24, 2.45) is 0 Å². The Morgan fingerprint density at radius 2 is 2.04 bits per heavy atom. The molecule has 1 heterocycles. The molecule has 3 nitrogen and oxygen atoms in total. The molecule has 144 valence electrons. The number of hydrogen-bond donors (Lipinski definition) is 1. The molecule has 0 fully saturated rings. The van der Waals surface area contributed by atoms with Crippen molar-refractivity contribution in [1.29, 1.82) is 0 Å². The molecule has 1 N–H and O–H groups in total. The molecule has 0 unspecified atom stereocenters. The Labute approximate surface area is 151 Å². The maximum atomic E-state index is 15.5. The molecule has 2 atom stereocenters. The molecule has 0 bridgehead atoms. The first-order chi connectivity index (χ1) is 12.6. The summed E-state index contributed by atoms with van der Waals surface area (Å²) >= 11 is 0. The van der Waals surface area contributed by atoms with Crippen molar-refractivity contribution in [2.75, 3.05) is 0 Å². The van der Waals surface area contributed by atoms with E-state index >= 15 is 4.39 Å². The highest BCUT2D eigenvalue weighted by atomic mass is 19.4. The van der Waals surface area contributed by atoms with Crippen molar-refractivity contribution < 1.29 is 31.9 Å². The van der Waals surface area contributed by atoms with E-state index in [1.165, 1.54) is 18.3 Å². The highest BCUT2D eigenvalue weighted by Gasteiger charge is 2.46. The average Bonchev–Trinajstić information content (AvgIpc) is 2.63. The summed E-state index contributed by atoms with van der Waals surface area (Å²) in [6.45, 7) is 0. The Kier molecular flexibility index (Phi) is 5.03. The van der Waals surface area contributed by atoms with Gasteiger partial charge in [-0.3, -0.25) is 9.78 Å². The van der Waals surface area contributed by atoms with Crippen LogP contribution >= 0.6 is 0 Å². The second kappa shape index (κ2) is 6.99. The number of fused-ring (bicyclic) bond motifs is 1. The number of alkyl halides is 4. The van der Waals surface area contributed by atoms with Crippen LogP contribution in [-0.4, -0.2) is 15.9 Å². The van der Waals surface area contributed by atoms with E-state index < -0.39 is 41.5 Å². The molecule has 0 saturated heterocycles. The number of aliphatic hydroxyl groups is 1. The quantitative estimate of drug-likeness (QED) is 0.792. The molecule has 0 saturated carbocycles. The molecular formula is C19H16F5NO2. The van der Waals surface area contributed by atoms with Crippen LogP contribution in [0.2, 0.25) is 0 Å². The first-order valence-electron chi connectivity index (χ1n) is 8.34. The fraction of sp³-hybridized carbons (Fsp3) is 0.368. The van der Waals surface area contributed by atoms with Crippen molar-refractivity contribution in [3.05, 3.63) is 64.7 Å². The van der Waals surface area contributed by atoms with Gasteiger partial charge in [0, 0.05) is 18.2 Å². The minimum absolute atomic E-state index is 0.0173. The fourth-order valence-electron chi connectivity index (χ4n) is 3.39. The van der Waals surface area contributed by atoms with Gasteiger partial charge in [0.1, 0.15) is 5.82 Å². The van der Waals surface area contributed by atoms with Gasteiger partial charge in [0.05, 0.1) is 17.4 Å². The topological polar surface area (TPSA) is 50.2 Å². The third-order valence-electron chi connectivity index (χ3n) is 4.78. The number of carbonyl (C=O) groups is 1. The number of benzene rings is 1. The van der Waals surface area contributed by atoms with Crippen molar-refractivity contribution in [2.45, 2.75) is 43.6 Å². The molecule has 0 aliphatic heterocycles. The molecule has 1 aromatic carbocycles. The zero-order chi connectivity index (χ0) is 19.8. The van der Waals surface area contributed by atoms with Gasteiger partial charge in [0.15, 0.2) is 11.5 Å². The van der Waals surface area contributed by atoms with Crippen LogP contribution in [0.3, 0.4) is 0 Å². The Morgan fingerprint density at radius 3 is 2.74 bits per heavy atom. The van der Waals surface area contributed by atoms with Crippen molar-refractivity contribution in [3.63, 3.8) is 0 Å². The van der Waals surface area contributed by atoms with Crippen LogP contribution in [-0.2, 0) is 23.1 Å². The summed E-state index contributed by atoms with van der Waals surface area (Å²) in [6.07, 6.45) is -5.57. The lowest BCUT2D eigenvalue weighted by Crippen LogP contribution is -2.37. The number of rotatable bonds is 4. The fourth-order valence-corrected chi connectivity index (χ4v) is 3.39. The van der Waals surface area contributed by atoms with E-state index in [1.807, 2.05) is 0 Å². The molecule has 2 aromatic rings. The van der Waals surface area contributed by atoms with Gasteiger partial charge in [0.25, 0.3) is 0 Å². The number of carbonyl (C=O) groups excluding carboxylic acids is 1. The highest BCUT2D eigenvalue weighted by Crippen LogP contribution is 2.43. The minimum Gasteiger partial charge on any atom is -0.387 e. The van der Waals surface area contributed by atoms with Crippen molar-refractivity contribution in [1.82, 2.24) is 4.98 Å². The van der Waals surface area contributed by atoms with Crippen molar-refractivity contribution >= 4 is 5.78 Å². The minimum atomic E-state index is -4.78. The number of hydrogen-bond acceptors (Lipinski definition) is 3. The van der Waals surface area contributed by atoms with E-state index in [4.69, 9.17) is 0 Å². The van der Waals surface area contributed by atoms with Gasteiger partial charge in [-0.15, -0.1) is 0 Å². The lowest BCUT2D eigenvalue weighted by molar-refractivity contribution is -0.139. The molecule has 3 rings (SSSR count). The third-order valence-corrected chi connectivity index (χ3v) is 4.78. The predicted molar refractivity (Wildman–Crippen MR) is 85.9 cm³/mol. The molecule has 0 radical (unpaired) electrons. The number of ketones is 1. The smallest absolute Gasteiger partial charge is 0.387 e. The van der Waals surface area contributed by atoms with E-state index in [0.717, 1.165) is 12.1 Å². The summed E-state index contributed by atoms with van der Waals surface area (Å²) in [5.41, 5.74) is -3.85. The lowest BCUT2D eigenvalue weighted by Gasteiger charge is -2.32. The van der Waals surface area contributed by atoms with E-state index in [-0.39, 0.29) is 36.1 Å². The number of aryl methyl sites for hydroxylation is 1. The highest BCUT2D eigenvalue weighted by molar-refractivity contribution is 5.89. The Morgan fingerprint density at radius 1 is 1.30 bits per heavy atom. The van der Waals surface area contributed by atoms with Gasteiger partial charge in [-0.05, 0) is 43.0 Å². The SMILES string of the molecule is O=C(CCc1ccc(F)cc1C(F)(F)F)[C@@]1(F)CC[C@@H](O)c2ncccc21. The predicted octanol–water partition coefficient (Wildman–Crippen LogP) is 4.43. The summed E-state index contributed by atoms with van der Waals surface area (Å²) in [5.74, 6) is -1.93. The maximum absolute atomic E-state index is 15.5. The number of aromatic nitrogens is 1. The zero-order valence-electron chi connectivity index (χ0n) is 14.1. The molecule has 27 heavy (non-hydrogen) atoms. The number of pyridine rings is 1. The number of aliphatic hydroxyl groups excluding tert-OH is 1. The van der Waals surface area contributed by atoms with E-state index in [2.05, 4.69) is 4.98 Å². The average molecular weight is 385 g/mol. The van der Waals surface area contributed by atoms with Gasteiger partial charge in [0.2, 0.25) is 0 Å². The van der Waals surface area contributed by atoms with Crippen LogP contribution in [0.1, 0.15) is 47.8 Å². The van der Waals surface area contributed by atoms with Crippen LogP contribution in [0.5, 0.6) is 0 Å². The lowest BCUT2D eigenvalue weighted by atomic mass is 9.77. The Bertz CT molecular complexity index is 867. The third kappa shape index (κ3) is 3.71. The van der Waals surface area contributed by atoms with Crippen LogP contribution < -0.4 is 0 Å².